The highest BCUT2D eigenvalue weighted by molar-refractivity contribution is 5.06. The number of rotatable bonds is 7. The predicted octanol–water partition coefficient (Wildman–Crippen LogP) is 2.18. The molecule has 3 aromatic heterocycles. The van der Waals surface area contributed by atoms with Crippen LogP contribution in [0.2, 0.25) is 0 Å². The quantitative estimate of drug-likeness (QED) is 0.666. The summed E-state index contributed by atoms with van der Waals surface area (Å²) < 4.78 is 12.2. The molecule has 7 heteroatoms. The molecule has 0 aliphatic heterocycles. The molecule has 0 fully saturated rings. The van der Waals surface area contributed by atoms with Crippen LogP contribution in [0.5, 0.6) is 0 Å². The minimum Gasteiger partial charge on any atom is -0.361 e. The first-order valence-corrected chi connectivity index (χ1v) is 7.23. The average molecular weight is 301 g/mol. The fourth-order valence-corrected chi connectivity index (χ4v) is 2.33. The normalized spacial score (nSPS) is 11.4. The van der Waals surface area contributed by atoms with Gasteiger partial charge in [-0.15, -0.1) is 0 Å². The topological polar surface area (TPSA) is 73.1 Å². The molecule has 0 saturated heterocycles. The molecule has 3 aromatic rings. The molecule has 0 amide bonds. The third-order valence-electron chi connectivity index (χ3n) is 3.33. The van der Waals surface area contributed by atoms with Crippen molar-refractivity contribution in [2.45, 2.75) is 33.5 Å². The van der Waals surface area contributed by atoms with Gasteiger partial charge in [-0.3, -0.25) is 9.58 Å². The summed E-state index contributed by atoms with van der Waals surface area (Å²) in [6.45, 7) is 6.83. The number of hydrogen-bond donors (Lipinski definition) is 0. The van der Waals surface area contributed by atoms with Crippen molar-refractivity contribution < 1.29 is 9.05 Å². The summed E-state index contributed by atoms with van der Waals surface area (Å²) in [4.78, 5) is 2.25. The second kappa shape index (κ2) is 6.57. The Morgan fingerprint density at radius 3 is 2.14 bits per heavy atom. The van der Waals surface area contributed by atoms with Crippen molar-refractivity contribution in [3.8, 4) is 0 Å². The Labute approximate surface area is 128 Å². The summed E-state index contributed by atoms with van der Waals surface area (Å²) in [5.41, 5.74) is 1.83. The van der Waals surface area contributed by atoms with Gasteiger partial charge >= 0.3 is 0 Å². The summed E-state index contributed by atoms with van der Waals surface area (Å²) in [5, 5.41) is 12.4. The van der Waals surface area contributed by atoms with Gasteiger partial charge in [-0.2, -0.15) is 5.10 Å². The Balaban J connectivity index is 1.66. The zero-order valence-corrected chi connectivity index (χ0v) is 12.8. The summed E-state index contributed by atoms with van der Waals surface area (Å²) in [6, 6.07) is 5.83. The molecular formula is C15H19N5O2. The van der Waals surface area contributed by atoms with Gasteiger partial charge in [-0.05, 0) is 19.9 Å². The minimum atomic E-state index is 0.699. The Morgan fingerprint density at radius 1 is 1.05 bits per heavy atom. The van der Waals surface area contributed by atoms with E-state index < -0.39 is 0 Å². The van der Waals surface area contributed by atoms with E-state index in [0.29, 0.717) is 13.1 Å². The van der Waals surface area contributed by atoms with Crippen LogP contribution < -0.4 is 0 Å². The molecule has 0 unspecified atom stereocenters. The maximum atomic E-state index is 5.14. The molecule has 0 spiro atoms. The van der Waals surface area contributed by atoms with E-state index >= 15 is 0 Å². The van der Waals surface area contributed by atoms with Crippen molar-refractivity contribution >= 4 is 0 Å². The highest BCUT2D eigenvalue weighted by Gasteiger charge is 2.12. The minimum absolute atomic E-state index is 0.699. The molecule has 0 saturated carbocycles. The van der Waals surface area contributed by atoms with Gasteiger partial charge in [0, 0.05) is 44.2 Å². The molecule has 22 heavy (non-hydrogen) atoms. The van der Waals surface area contributed by atoms with Gasteiger partial charge in [-0.25, -0.2) is 0 Å². The molecule has 7 nitrogen and oxygen atoms in total. The summed E-state index contributed by atoms with van der Waals surface area (Å²) in [6.07, 6.45) is 3.74. The molecule has 0 atom stereocenters. The van der Waals surface area contributed by atoms with Gasteiger partial charge in [-0.1, -0.05) is 10.3 Å². The molecule has 0 radical (unpaired) electrons. The van der Waals surface area contributed by atoms with E-state index in [2.05, 4.69) is 20.3 Å². The first kappa shape index (κ1) is 14.5. The zero-order valence-electron chi connectivity index (χ0n) is 12.8. The van der Waals surface area contributed by atoms with Crippen LogP contribution in [-0.2, 0) is 19.6 Å². The number of aryl methyl sites for hydroxylation is 2. The van der Waals surface area contributed by atoms with Crippen molar-refractivity contribution in [2.24, 2.45) is 0 Å². The maximum Gasteiger partial charge on any atom is 0.133 e. The predicted molar refractivity (Wildman–Crippen MR) is 78.8 cm³/mol. The molecule has 0 bridgehead atoms. The van der Waals surface area contributed by atoms with Gasteiger partial charge in [0.2, 0.25) is 0 Å². The van der Waals surface area contributed by atoms with E-state index in [1.54, 1.807) is 6.20 Å². The first-order valence-electron chi connectivity index (χ1n) is 7.23. The van der Waals surface area contributed by atoms with Crippen molar-refractivity contribution in [3.63, 3.8) is 0 Å². The molecule has 3 rings (SSSR count). The Kier molecular flexibility index (Phi) is 4.34. The zero-order chi connectivity index (χ0) is 15.4. The van der Waals surface area contributed by atoms with Crippen LogP contribution in [0.1, 0.15) is 22.9 Å². The van der Waals surface area contributed by atoms with E-state index in [4.69, 9.17) is 9.05 Å². The summed E-state index contributed by atoms with van der Waals surface area (Å²) >= 11 is 0. The van der Waals surface area contributed by atoms with Crippen LogP contribution in [0.4, 0.5) is 0 Å². The van der Waals surface area contributed by atoms with Crippen LogP contribution in [0, 0.1) is 13.8 Å². The number of aromatic nitrogens is 4. The fraction of sp³-hybridized carbons (Fsp3) is 0.400. The highest BCUT2D eigenvalue weighted by Crippen LogP contribution is 2.11. The lowest BCUT2D eigenvalue weighted by molar-refractivity contribution is 0.227. The monoisotopic (exact) mass is 301 g/mol. The van der Waals surface area contributed by atoms with Crippen LogP contribution in [0.3, 0.4) is 0 Å². The van der Waals surface area contributed by atoms with Crippen LogP contribution in [-0.4, -0.2) is 31.5 Å². The molecule has 0 aliphatic carbocycles. The number of hydrogen-bond acceptors (Lipinski definition) is 6. The Hall–Kier alpha value is -2.41. The van der Waals surface area contributed by atoms with Crippen LogP contribution in [0.15, 0.2) is 39.6 Å². The van der Waals surface area contributed by atoms with Gasteiger partial charge in [0.05, 0.1) is 17.9 Å². The molecule has 0 N–H and O–H groups in total. The molecule has 0 aromatic carbocycles. The second-order valence-corrected chi connectivity index (χ2v) is 5.34. The standard InChI is InChI=1S/C15H19N5O2/c1-12-8-14(17-21-12)10-19(6-7-20-5-3-4-16-20)11-15-9-13(2)22-18-15/h3-5,8-9H,6-7,10-11H2,1-2H3. The lowest BCUT2D eigenvalue weighted by Crippen LogP contribution is -2.27. The van der Waals surface area contributed by atoms with E-state index in [1.807, 2.05) is 42.9 Å². The van der Waals surface area contributed by atoms with Crippen LogP contribution >= 0.6 is 0 Å². The van der Waals surface area contributed by atoms with Gasteiger partial charge in [0.25, 0.3) is 0 Å². The molecular weight excluding hydrogens is 282 g/mol. The largest absolute Gasteiger partial charge is 0.361 e. The second-order valence-electron chi connectivity index (χ2n) is 5.34. The highest BCUT2D eigenvalue weighted by atomic mass is 16.5. The third kappa shape index (κ3) is 3.82. The SMILES string of the molecule is Cc1cc(CN(CCn2cccn2)Cc2cc(C)on2)no1. The summed E-state index contributed by atoms with van der Waals surface area (Å²) in [7, 11) is 0. The smallest absolute Gasteiger partial charge is 0.133 e. The average Bonchev–Trinajstić information content (AvgIpc) is 3.20. The van der Waals surface area contributed by atoms with E-state index in [0.717, 1.165) is 36.0 Å². The van der Waals surface area contributed by atoms with E-state index in [9.17, 15) is 0 Å². The molecule has 116 valence electrons. The first-order chi connectivity index (χ1) is 10.7. The van der Waals surface area contributed by atoms with Gasteiger partial charge < -0.3 is 9.05 Å². The maximum absolute atomic E-state index is 5.14. The molecule has 0 aliphatic rings. The summed E-state index contributed by atoms with van der Waals surface area (Å²) in [5.74, 6) is 1.64. The van der Waals surface area contributed by atoms with E-state index in [-0.39, 0.29) is 0 Å². The van der Waals surface area contributed by atoms with Crippen molar-refractivity contribution in [2.75, 3.05) is 6.54 Å². The molecule has 3 heterocycles. The lowest BCUT2D eigenvalue weighted by atomic mass is 10.3. The number of nitrogens with zero attached hydrogens (tertiary/aromatic N) is 5. The van der Waals surface area contributed by atoms with Gasteiger partial charge in [0.15, 0.2) is 0 Å². The lowest BCUT2D eigenvalue weighted by Gasteiger charge is -2.19. The van der Waals surface area contributed by atoms with Crippen molar-refractivity contribution in [1.29, 1.82) is 0 Å². The van der Waals surface area contributed by atoms with Gasteiger partial charge in [0.1, 0.15) is 11.5 Å². The van der Waals surface area contributed by atoms with E-state index in [1.165, 1.54) is 0 Å². The fourth-order valence-electron chi connectivity index (χ4n) is 2.33. The third-order valence-corrected chi connectivity index (χ3v) is 3.33. The van der Waals surface area contributed by atoms with Crippen molar-refractivity contribution in [3.05, 3.63) is 53.5 Å². The van der Waals surface area contributed by atoms with Crippen molar-refractivity contribution in [1.82, 2.24) is 25.0 Å². The Morgan fingerprint density at radius 2 is 1.68 bits per heavy atom. The van der Waals surface area contributed by atoms with Crippen LogP contribution in [0.25, 0.3) is 0 Å². The Bertz CT molecular complexity index is 659.